The lowest BCUT2D eigenvalue weighted by molar-refractivity contribution is -0.149. The topological polar surface area (TPSA) is 56.6 Å². The van der Waals surface area contributed by atoms with Crippen molar-refractivity contribution in [2.45, 2.75) is 95.4 Å². The lowest BCUT2D eigenvalue weighted by Crippen LogP contribution is -2.44. The van der Waals surface area contributed by atoms with Crippen LogP contribution >= 0.6 is 0 Å². The van der Waals surface area contributed by atoms with E-state index < -0.39 is 0 Å². The van der Waals surface area contributed by atoms with E-state index in [-0.39, 0.29) is 18.1 Å². The van der Waals surface area contributed by atoms with Crippen LogP contribution in [0.1, 0.15) is 87.8 Å². The highest BCUT2D eigenvalue weighted by molar-refractivity contribution is 5.85. The molecule has 2 atom stereocenters. The van der Waals surface area contributed by atoms with E-state index in [0.717, 1.165) is 63.6 Å². The molecule has 32 heavy (non-hydrogen) atoms. The van der Waals surface area contributed by atoms with Crippen LogP contribution in [0.2, 0.25) is 0 Å². The molecular formula is C26H37N3O3. The van der Waals surface area contributed by atoms with Crippen molar-refractivity contribution in [3.05, 3.63) is 29.6 Å². The molecule has 0 unspecified atom stereocenters. The number of carbonyl (C=O) groups is 1. The van der Waals surface area contributed by atoms with Crippen LogP contribution in [0.25, 0.3) is 11.0 Å². The van der Waals surface area contributed by atoms with Crippen molar-refractivity contribution < 1.29 is 14.3 Å². The number of ether oxygens (including phenoxy) is 2. The molecule has 0 spiro atoms. The summed E-state index contributed by atoms with van der Waals surface area (Å²) in [7, 11) is 1.76. The third kappa shape index (κ3) is 4.58. The lowest BCUT2D eigenvalue weighted by Gasteiger charge is -2.33. The Morgan fingerprint density at radius 3 is 2.78 bits per heavy atom. The van der Waals surface area contributed by atoms with Gasteiger partial charge in [0, 0.05) is 50.9 Å². The Labute approximate surface area is 191 Å². The van der Waals surface area contributed by atoms with Gasteiger partial charge < -0.3 is 18.9 Å². The number of nitrogens with zero attached hydrogens (tertiary/aromatic N) is 3. The van der Waals surface area contributed by atoms with Gasteiger partial charge in [-0.3, -0.25) is 9.78 Å². The first-order valence-electron chi connectivity index (χ1n) is 12.6. The van der Waals surface area contributed by atoms with Gasteiger partial charge in [0.15, 0.2) is 0 Å². The van der Waals surface area contributed by atoms with Crippen LogP contribution in [0, 0.1) is 0 Å². The number of carbonyl (C=O) groups excluding carboxylic acids is 1. The van der Waals surface area contributed by atoms with Gasteiger partial charge >= 0.3 is 0 Å². The molecule has 0 N–H and O–H groups in total. The third-order valence-corrected chi connectivity index (χ3v) is 7.33. The quantitative estimate of drug-likeness (QED) is 0.491. The number of amides is 1. The van der Waals surface area contributed by atoms with Crippen LogP contribution in [0.5, 0.6) is 0 Å². The van der Waals surface area contributed by atoms with Crippen molar-refractivity contribution in [1.82, 2.24) is 14.5 Å². The molecule has 174 valence electrons. The normalized spacial score (nSPS) is 22.2. The van der Waals surface area contributed by atoms with Gasteiger partial charge in [0.2, 0.25) is 0 Å². The van der Waals surface area contributed by atoms with E-state index in [1.165, 1.54) is 29.5 Å². The van der Waals surface area contributed by atoms with Gasteiger partial charge in [-0.1, -0.05) is 0 Å². The highest BCUT2D eigenvalue weighted by Gasteiger charge is 2.40. The van der Waals surface area contributed by atoms with E-state index in [1.54, 1.807) is 7.11 Å². The summed E-state index contributed by atoms with van der Waals surface area (Å²) in [6.07, 6.45) is 13.9. The Kier molecular flexibility index (Phi) is 6.51. The second kappa shape index (κ2) is 9.52. The van der Waals surface area contributed by atoms with Crippen LogP contribution in [0.4, 0.5) is 0 Å². The average molecular weight is 440 g/mol. The van der Waals surface area contributed by atoms with Gasteiger partial charge in [0.1, 0.15) is 6.10 Å². The minimum Gasteiger partial charge on any atom is -0.385 e. The molecule has 6 nitrogen and oxygen atoms in total. The van der Waals surface area contributed by atoms with Gasteiger partial charge in [-0.2, -0.15) is 0 Å². The summed E-state index contributed by atoms with van der Waals surface area (Å²) < 4.78 is 13.5. The molecule has 0 aromatic carbocycles. The van der Waals surface area contributed by atoms with E-state index in [1.807, 2.05) is 0 Å². The monoisotopic (exact) mass is 439 g/mol. The van der Waals surface area contributed by atoms with E-state index in [2.05, 4.69) is 34.9 Å². The standard InChI is InChI=1S/C26H37N3O3/c1-18(29(21-10-11-21)26(30)24-7-3-5-14-32-24)22-17-28(12-4-6-13-31-2)23-15-20(19-8-9-19)16-27-25(22)23/h15-19,21,24H,3-14H2,1-2H3/t18-,24-/m1/s1. The summed E-state index contributed by atoms with van der Waals surface area (Å²) in [5, 5.41) is 0. The Bertz CT molecular complexity index is 941. The van der Waals surface area contributed by atoms with E-state index in [0.29, 0.717) is 18.6 Å². The average Bonchev–Trinajstić information content (AvgIpc) is 3.75. The van der Waals surface area contributed by atoms with Gasteiger partial charge in [-0.25, -0.2) is 0 Å². The highest BCUT2D eigenvalue weighted by Crippen LogP contribution is 2.42. The maximum absolute atomic E-state index is 13.5. The Hall–Kier alpha value is -1.92. The zero-order valence-electron chi connectivity index (χ0n) is 19.6. The fourth-order valence-corrected chi connectivity index (χ4v) is 5.16. The van der Waals surface area contributed by atoms with E-state index in [4.69, 9.17) is 14.5 Å². The molecule has 3 fully saturated rings. The van der Waals surface area contributed by atoms with Crippen molar-refractivity contribution >= 4 is 16.9 Å². The van der Waals surface area contributed by atoms with Gasteiger partial charge in [-0.05, 0) is 82.3 Å². The summed E-state index contributed by atoms with van der Waals surface area (Å²) in [5.41, 5.74) is 4.80. The van der Waals surface area contributed by atoms with Crippen molar-refractivity contribution in [3.63, 3.8) is 0 Å². The van der Waals surface area contributed by atoms with Gasteiger partial charge in [-0.15, -0.1) is 0 Å². The van der Waals surface area contributed by atoms with Crippen molar-refractivity contribution in [2.24, 2.45) is 0 Å². The molecule has 1 aliphatic heterocycles. The highest BCUT2D eigenvalue weighted by atomic mass is 16.5. The molecule has 2 saturated carbocycles. The smallest absolute Gasteiger partial charge is 0.252 e. The molecule has 3 heterocycles. The molecule has 1 amide bonds. The molecule has 6 heteroatoms. The van der Waals surface area contributed by atoms with Crippen LogP contribution in [0.3, 0.4) is 0 Å². The maximum Gasteiger partial charge on any atom is 0.252 e. The molecule has 1 saturated heterocycles. The first-order valence-corrected chi connectivity index (χ1v) is 12.6. The second-order valence-corrected chi connectivity index (χ2v) is 9.90. The summed E-state index contributed by atoms with van der Waals surface area (Å²) in [4.78, 5) is 20.6. The van der Waals surface area contributed by atoms with E-state index >= 15 is 0 Å². The van der Waals surface area contributed by atoms with Crippen molar-refractivity contribution in [2.75, 3.05) is 20.3 Å². The minimum atomic E-state index is -0.274. The number of pyridine rings is 1. The number of methoxy groups -OCH3 is 1. The number of hydrogen-bond donors (Lipinski definition) is 0. The van der Waals surface area contributed by atoms with Gasteiger partial charge in [0.25, 0.3) is 5.91 Å². The van der Waals surface area contributed by atoms with Crippen LogP contribution in [-0.2, 0) is 20.8 Å². The lowest BCUT2D eigenvalue weighted by atomic mass is 10.0. The molecule has 5 rings (SSSR count). The maximum atomic E-state index is 13.5. The Morgan fingerprint density at radius 2 is 2.09 bits per heavy atom. The largest absolute Gasteiger partial charge is 0.385 e. The number of aryl methyl sites for hydroxylation is 1. The summed E-state index contributed by atoms with van der Waals surface area (Å²) in [6.45, 7) is 4.63. The predicted molar refractivity (Wildman–Crippen MR) is 125 cm³/mol. The number of hydrogen-bond acceptors (Lipinski definition) is 4. The fourth-order valence-electron chi connectivity index (χ4n) is 5.16. The number of rotatable bonds is 10. The first-order chi connectivity index (χ1) is 15.7. The predicted octanol–water partition coefficient (Wildman–Crippen LogP) is 4.96. The molecule has 2 aromatic heterocycles. The number of fused-ring (bicyclic) bond motifs is 1. The van der Waals surface area contributed by atoms with Crippen LogP contribution < -0.4 is 0 Å². The number of unbranched alkanes of at least 4 members (excludes halogenated alkanes) is 1. The summed E-state index contributed by atoms with van der Waals surface area (Å²) >= 11 is 0. The molecular weight excluding hydrogens is 402 g/mol. The Balaban J connectivity index is 1.45. The second-order valence-electron chi connectivity index (χ2n) is 9.90. The molecule has 2 aliphatic carbocycles. The van der Waals surface area contributed by atoms with Crippen LogP contribution in [0.15, 0.2) is 18.5 Å². The summed E-state index contributed by atoms with van der Waals surface area (Å²) in [5.74, 6) is 0.855. The van der Waals surface area contributed by atoms with Crippen molar-refractivity contribution in [3.8, 4) is 0 Å². The fraction of sp³-hybridized carbons (Fsp3) is 0.692. The van der Waals surface area contributed by atoms with Crippen LogP contribution in [-0.4, -0.2) is 52.8 Å². The van der Waals surface area contributed by atoms with Gasteiger partial charge in [0.05, 0.1) is 17.1 Å². The zero-order valence-corrected chi connectivity index (χ0v) is 19.6. The molecule has 0 radical (unpaired) electrons. The SMILES string of the molecule is COCCCCn1cc([C@@H](C)N(C(=O)[C@H]2CCCCO2)C2CC2)c2ncc(C3CC3)cc21. The molecule has 2 aromatic rings. The minimum absolute atomic E-state index is 0.00234. The third-order valence-electron chi connectivity index (χ3n) is 7.33. The van der Waals surface area contributed by atoms with E-state index in [9.17, 15) is 4.79 Å². The zero-order chi connectivity index (χ0) is 22.1. The molecule has 0 bridgehead atoms. The van der Waals surface area contributed by atoms with Crippen molar-refractivity contribution in [1.29, 1.82) is 0 Å². The first kappa shape index (κ1) is 21.9. The summed E-state index contributed by atoms with van der Waals surface area (Å²) in [6, 6.07) is 2.69. The number of aromatic nitrogens is 2. The Morgan fingerprint density at radius 1 is 1.25 bits per heavy atom. The molecule has 3 aliphatic rings.